The molecule has 3 rings (SSSR count). The van der Waals surface area contributed by atoms with Crippen LogP contribution in [0.4, 0.5) is 0 Å². The van der Waals surface area contributed by atoms with Crippen molar-refractivity contribution in [3.8, 4) is 0 Å². The van der Waals surface area contributed by atoms with Crippen molar-refractivity contribution in [3.63, 3.8) is 0 Å². The van der Waals surface area contributed by atoms with E-state index in [1.807, 2.05) is 0 Å². The fourth-order valence-electron chi connectivity index (χ4n) is 3.96. The second-order valence-corrected chi connectivity index (χ2v) is 7.80. The first-order chi connectivity index (χ1) is 14.8. The summed E-state index contributed by atoms with van der Waals surface area (Å²) >= 11 is 0. The second kappa shape index (κ2) is 12.4. The Kier molecular flexibility index (Phi) is 9.19. The Balaban J connectivity index is 1.59. The van der Waals surface area contributed by atoms with E-state index in [-0.39, 0.29) is 5.92 Å². The molecule has 5 nitrogen and oxygen atoms in total. The van der Waals surface area contributed by atoms with E-state index in [1.165, 1.54) is 24.2 Å². The zero-order valence-corrected chi connectivity index (χ0v) is 18.6. The molecule has 2 N–H and O–H groups in total. The third kappa shape index (κ3) is 6.85. The van der Waals surface area contributed by atoms with Crippen LogP contribution >= 0.6 is 0 Å². The first kappa shape index (κ1) is 22.3. The molecular weight excluding hydrogens is 370 g/mol. The summed E-state index contributed by atoms with van der Waals surface area (Å²) in [6.45, 7) is 13.8. The summed E-state index contributed by atoms with van der Waals surface area (Å²) in [5.41, 5.74) is 2.61. The Hall–Kier alpha value is -2.37. The molecule has 0 aliphatic carbocycles. The summed E-state index contributed by atoms with van der Waals surface area (Å²) < 4.78 is 0. The van der Waals surface area contributed by atoms with Gasteiger partial charge in [-0.1, -0.05) is 67.6 Å². The monoisotopic (exact) mass is 407 g/mol. The van der Waals surface area contributed by atoms with E-state index in [9.17, 15) is 0 Å². The van der Waals surface area contributed by atoms with Gasteiger partial charge in [0.2, 0.25) is 0 Å². The minimum absolute atomic E-state index is 0.255. The summed E-state index contributed by atoms with van der Waals surface area (Å²) in [6, 6.07) is 21.4. The highest BCUT2D eigenvalue weighted by Crippen LogP contribution is 2.24. The van der Waals surface area contributed by atoms with Gasteiger partial charge >= 0.3 is 0 Å². The van der Waals surface area contributed by atoms with Gasteiger partial charge in [0.15, 0.2) is 5.96 Å². The number of aliphatic imine (C=N–C) groups is 1. The van der Waals surface area contributed by atoms with Gasteiger partial charge in [-0.2, -0.15) is 0 Å². The number of piperazine rings is 1. The fourth-order valence-corrected chi connectivity index (χ4v) is 3.96. The molecule has 2 aromatic carbocycles. The van der Waals surface area contributed by atoms with Crippen molar-refractivity contribution in [2.24, 2.45) is 4.99 Å². The van der Waals surface area contributed by atoms with E-state index in [4.69, 9.17) is 4.99 Å². The highest BCUT2D eigenvalue weighted by atomic mass is 15.3. The van der Waals surface area contributed by atoms with Gasteiger partial charge in [0, 0.05) is 51.7 Å². The highest BCUT2D eigenvalue weighted by molar-refractivity contribution is 5.79. The zero-order valence-electron chi connectivity index (χ0n) is 18.6. The molecule has 1 heterocycles. The number of nitrogens with zero attached hydrogens (tertiary/aromatic N) is 3. The molecule has 1 fully saturated rings. The minimum atomic E-state index is 0.255. The normalized spacial score (nSPS) is 16.0. The average Bonchev–Trinajstić information content (AvgIpc) is 2.81. The van der Waals surface area contributed by atoms with Crippen LogP contribution in [0.1, 0.15) is 30.9 Å². The van der Waals surface area contributed by atoms with Crippen LogP contribution < -0.4 is 10.6 Å². The van der Waals surface area contributed by atoms with Gasteiger partial charge in [-0.15, -0.1) is 0 Å². The Morgan fingerprint density at radius 1 is 0.833 bits per heavy atom. The van der Waals surface area contributed by atoms with Crippen molar-refractivity contribution in [1.82, 2.24) is 20.4 Å². The van der Waals surface area contributed by atoms with Crippen molar-refractivity contribution in [3.05, 3.63) is 71.8 Å². The first-order valence-electron chi connectivity index (χ1n) is 11.4. The molecule has 0 radical (unpaired) electrons. The molecule has 0 spiro atoms. The predicted molar refractivity (Wildman–Crippen MR) is 127 cm³/mol. The molecule has 5 heteroatoms. The van der Waals surface area contributed by atoms with E-state index in [1.54, 1.807) is 0 Å². The summed E-state index contributed by atoms with van der Waals surface area (Å²) in [6.07, 6.45) is 0. The molecule has 0 saturated carbocycles. The van der Waals surface area contributed by atoms with Crippen molar-refractivity contribution >= 4 is 5.96 Å². The van der Waals surface area contributed by atoms with Gasteiger partial charge in [0.1, 0.15) is 0 Å². The summed E-state index contributed by atoms with van der Waals surface area (Å²) in [4.78, 5) is 10.00. The summed E-state index contributed by atoms with van der Waals surface area (Å²) in [5.74, 6) is 1.16. The molecule has 162 valence electrons. The maximum absolute atomic E-state index is 4.94. The van der Waals surface area contributed by atoms with Crippen molar-refractivity contribution < 1.29 is 0 Å². The van der Waals surface area contributed by atoms with Gasteiger partial charge in [-0.05, 0) is 24.6 Å². The number of benzene rings is 2. The molecule has 30 heavy (non-hydrogen) atoms. The number of hydrogen-bond acceptors (Lipinski definition) is 3. The predicted octanol–water partition coefficient (Wildman–Crippen LogP) is 3.01. The molecule has 0 bridgehead atoms. The quantitative estimate of drug-likeness (QED) is 0.495. The standard InChI is InChI=1S/C25H37N5/c1-3-26-25(27-15-16-30-19-17-29(4-2)18-20-30)28-21-24(22-11-7-5-8-12-22)23-13-9-6-10-14-23/h5-14,24H,3-4,15-21H2,1-2H3,(H2,26,27,28). The number of rotatable bonds is 9. The van der Waals surface area contributed by atoms with Gasteiger partial charge in [0.25, 0.3) is 0 Å². The number of hydrogen-bond donors (Lipinski definition) is 2. The average molecular weight is 408 g/mol. The maximum Gasteiger partial charge on any atom is 0.191 e. The molecule has 2 aromatic rings. The number of guanidine groups is 1. The third-order valence-electron chi connectivity index (χ3n) is 5.81. The molecule has 0 unspecified atom stereocenters. The molecular formula is C25H37N5. The largest absolute Gasteiger partial charge is 0.357 e. The van der Waals surface area contributed by atoms with Crippen LogP contribution in [0.5, 0.6) is 0 Å². The Bertz CT molecular complexity index is 699. The van der Waals surface area contributed by atoms with E-state index >= 15 is 0 Å². The Morgan fingerprint density at radius 2 is 1.40 bits per heavy atom. The highest BCUT2D eigenvalue weighted by Gasteiger charge is 2.16. The summed E-state index contributed by atoms with van der Waals surface area (Å²) in [5, 5.41) is 6.94. The van der Waals surface area contributed by atoms with E-state index in [2.05, 4.69) is 94.9 Å². The van der Waals surface area contributed by atoms with Crippen molar-refractivity contribution in [2.45, 2.75) is 19.8 Å². The van der Waals surface area contributed by atoms with Gasteiger partial charge in [0.05, 0.1) is 6.54 Å². The lowest BCUT2D eigenvalue weighted by atomic mass is 9.91. The van der Waals surface area contributed by atoms with E-state index in [0.717, 1.165) is 51.8 Å². The van der Waals surface area contributed by atoms with E-state index in [0.29, 0.717) is 0 Å². The lowest BCUT2D eigenvalue weighted by molar-refractivity contribution is 0.139. The lowest BCUT2D eigenvalue weighted by Gasteiger charge is -2.34. The SMILES string of the molecule is CCNC(=NCC(c1ccccc1)c1ccccc1)NCCN1CCN(CC)CC1. The van der Waals surface area contributed by atoms with Gasteiger partial charge in [-0.3, -0.25) is 9.89 Å². The topological polar surface area (TPSA) is 42.9 Å². The zero-order chi connectivity index (χ0) is 21.0. The fraction of sp³-hybridized carbons (Fsp3) is 0.480. The van der Waals surface area contributed by atoms with Gasteiger partial charge < -0.3 is 15.5 Å². The Morgan fingerprint density at radius 3 is 1.93 bits per heavy atom. The Labute approximate surface area is 182 Å². The molecule has 1 aliphatic rings. The lowest BCUT2D eigenvalue weighted by Crippen LogP contribution is -2.49. The van der Waals surface area contributed by atoms with Crippen molar-refractivity contribution in [2.75, 3.05) is 58.9 Å². The van der Waals surface area contributed by atoms with Crippen LogP contribution in [0, 0.1) is 0 Å². The first-order valence-corrected chi connectivity index (χ1v) is 11.4. The molecule has 0 atom stereocenters. The van der Waals surface area contributed by atoms with Gasteiger partial charge in [-0.25, -0.2) is 0 Å². The van der Waals surface area contributed by atoms with Crippen LogP contribution in [0.25, 0.3) is 0 Å². The molecule has 0 amide bonds. The van der Waals surface area contributed by atoms with Crippen LogP contribution in [0.15, 0.2) is 65.7 Å². The second-order valence-electron chi connectivity index (χ2n) is 7.80. The van der Waals surface area contributed by atoms with E-state index < -0.39 is 0 Å². The molecule has 0 aromatic heterocycles. The number of likely N-dealkylation sites (N-methyl/N-ethyl adjacent to an activating group) is 1. The minimum Gasteiger partial charge on any atom is -0.357 e. The maximum atomic E-state index is 4.94. The number of nitrogens with one attached hydrogen (secondary N) is 2. The smallest absolute Gasteiger partial charge is 0.191 e. The van der Waals surface area contributed by atoms with Crippen LogP contribution in [0.3, 0.4) is 0 Å². The van der Waals surface area contributed by atoms with Crippen LogP contribution in [0.2, 0.25) is 0 Å². The van der Waals surface area contributed by atoms with Crippen molar-refractivity contribution in [1.29, 1.82) is 0 Å². The molecule has 1 saturated heterocycles. The summed E-state index contributed by atoms with van der Waals surface area (Å²) in [7, 11) is 0. The van der Waals surface area contributed by atoms with Crippen LogP contribution in [-0.2, 0) is 0 Å². The molecule has 1 aliphatic heterocycles. The van der Waals surface area contributed by atoms with Crippen LogP contribution in [-0.4, -0.2) is 74.7 Å². The third-order valence-corrected chi connectivity index (χ3v) is 5.81.